The second-order valence-electron chi connectivity index (χ2n) is 1.68. The molecule has 0 spiro atoms. The molecule has 1 rings (SSSR count). The third kappa shape index (κ3) is 2.12. The standard InChI is InChI=1S/C8H7NS/c1-2-6-10-8-4-3-5-9-7-8/h1,3-5,7H,6H2. The van der Waals surface area contributed by atoms with E-state index in [0.29, 0.717) is 5.75 Å². The molecule has 2 heteroatoms. The van der Waals surface area contributed by atoms with Crippen LogP contribution >= 0.6 is 11.8 Å². The molecule has 0 saturated carbocycles. The Morgan fingerprint density at radius 3 is 3.20 bits per heavy atom. The van der Waals surface area contributed by atoms with E-state index >= 15 is 0 Å². The van der Waals surface area contributed by atoms with Crippen molar-refractivity contribution in [2.24, 2.45) is 0 Å². The summed E-state index contributed by atoms with van der Waals surface area (Å²) in [5, 5.41) is 0. The molecule has 1 aromatic rings. The third-order valence-corrected chi connectivity index (χ3v) is 1.84. The number of hydrogen-bond acceptors (Lipinski definition) is 2. The molecule has 1 aromatic heterocycles. The summed E-state index contributed by atoms with van der Waals surface area (Å²) < 4.78 is 0. The van der Waals surface area contributed by atoms with E-state index in [9.17, 15) is 0 Å². The molecule has 0 aliphatic carbocycles. The van der Waals surface area contributed by atoms with Gasteiger partial charge in [0, 0.05) is 17.3 Å². The molecule has 0 bridgehead atoms. The van der Waals surface area contributed by atoms with Gasteiger partial charge in [-0.2, -0.15) is 0 Å². The highest BCUT2D eigenvalue weighted by molar-refractivity contribution is 7.99. The molecule has 1 heterocycles. The highest BCUT2D eigenvalue weighted by atomic mass is 32.2. The topological polar surface area (TPSA) is 12.9 Å². The molecule has 0 fully saturated rings. The molecule has 1 nitrogen and oxygen atoms in total. The highest BCUT2D eigenvalue weighted by Crippen LogP contribution is 2.13. The second kappa shape index (κ2) is 3.97. The molecule has 0 saturated heterocycles. The van der Waals surface area contributed by atoms with Crippen LogP contribution in [0, 0.1) is 12.3 Å². The summed E-state index contributed by atoms with van der Waals surface area (Å²) in [6, 6.07) is 3.90. The first-order valence-corrected chi connectivity index (χ1v) is 3.88. The molecule has 0 radical (unpaired) electrons. The maximum Gasteiger partial charge on any atom is 0.0592 e. The third-order valence-electron chi connectivity index (χ3n) is 0.957. The number of terminal acetylenes is 1. The van der Waals surface area contributed by atoms with Gasteiger partial charge in [0.05, 0.1) is 5.75 Å². The first kappa shape index (κ1) is 7.17. The van der Waals surface area contributed by atoms with Crippen LogP contribution in [-0.4, -0.2) is 10.7 Å². The van der Waals surface area contributed by atoms with E-state index < -0.39 is 0 Å². The lowest BCUT2D eigenvalue weighted by molar-refractivity contribution is 1.24. The van der Waals surface area contributed by atoms with Gasteiger partial charge in [-0.3, -0.25) is 4.98 Å². The number of nitrogens with zero attached hydrogens (tertiary/aromatic N) is 1. The van der Waals surface area contributed by atoms with Gasteiger partial charge in [-0.25, -0.2) is 0 Å². The van der Waals surface area contributed by atoms with Crippen LogP contribution in [0.3, 0.4) is 0 Å². The Hall–Kier alpha value is -0.940. The van der Waals surface area contributed by atoms with E-state index in [0.717, 1.165) is 4.90 Å². The van der Waals surface area contributed by atoms with Crippen LogP contribution in [0.1, 0.15) is 0 Å². The van der Waals surface area contributed by atoms with Gasteiger partial charge >= 0.3 is 0 Å². The maximum absolute atomic E-state index is 5.09. The number of pyridine rings is 1. The Balaban J connectivity index is 2.52. The van der Waals surface area contributed by atoms with E-state index in [4.69, 9.17) is 6.42 Å². The van der Waals surface area contributed by atoms with Crippen molar-refractivity contribution in [1.82, 2.24) is 4.98 Å². The fourth-order valence-corrected chi connectivity index (χ4v) is 1.12. The average Bonchev–Trinajstić information content (AvgIpc) is 2.03. The monoisotopic (exact) mass is 149 g/mol. The van der Waals surface area contributed by atoms with Crippen LogP contribution in [-0.2, 0) is 0 Å². The van der Waals surface area contributed by atoms with Gasteiger partial charge in [-0.05, 0) is 12.1 Å². The largest absolute Gasteiger partial charge is 0.264 e. The fourth-order valence-electron chi connectivity index (χ4n) is 0.557. The van der Waals surface area contributed by atoms with Crippen molar-refractivity contribution in [3.8, 4) is 12.3 Å². The zero-order valence-electron chi connectivity index (χ0n) is 5.45. The van der Waals surface area contributed by atoms with Gasteiger partial charge in [0.15, 0.2) is 0 Å². The summed E-state index contributed by atoms with van der Waals surface area (Å²) >= 11 is 1.62. The summed E-state index contributed by atoms with van der Waals surface area (Å²) in [5.41, 5.74) is 0. The minimum atomic E-state index is 0.714. The summed E-state index contributed by atoms with van der Waals surface area (Å²) in [7, 11) is 0. The van der Waals surface area contributed by atoms with Crippen LogP contribution in [0.4, 0.5) is 0 Å². The van der Waals surface area contributed by atoms with E-state index in [1.165, 1.54) is 0 Å². The van der Waals surface area contributed by atoms with Crippen LogP contribution in [0.25, 0.3) is 0 Å². The Kier molecular flexibility index (Phi) is 2.85. The predicted molar refractivity (Wildman–Crippen MR) is 43.8 cm³/mol. The molecule has 50 valence electrons. The van der Waals surface area contributed by atoms with Crippen LogP contribution in [0.15, 0.2) is 29.4 Å². The molecule has 0 amide bonds. The van der Waals surface area contributed by atoms with E-state index in [2.05, 4.69) is 10.9 Å². The first-order valence-electron chi connectivity index (χ1n) is 2.90. The SMILES string of the molecule is C#CCSc1cccnc1. The molecule has 0 aliphatic heterocycles. The quantitative estimate of drug-likeness (QED) is 0.470. The van der Waals surface area contributed by atoms with Gasteiger partial charge in [-0.15, -0.1) is 18.2 Å². The molecule has 0 unspecified atom stereocenters. The number of aromatic nitrogens is 1. The molecule has 0 N–H and O–H groups in total. The van der Waals surface area contributed by atoms with Crippen LogP contribution < -0.4 is 0 Å². The zero-order chi connectivity index (χ0) is 7.23. The minimum absolute atomic E-state index is 0.714. The molecule has 0 aromatic carbocycles. The van der Waals surface area contributed by atoms with Gasteiger partial charge in [0.2, 0.25) is 0 Å². The smallest absolute Gasteiger partial charge is 0.0592 e. The van der Waals surface area contributed by atoms with E-state index in [-0.39, 0.29) is 0 Å². The number of rotatable bonds is 2. The predicted octanol–water partition coefficient (Wildman–Crippen LogP) is 1.81. The molecular formula is C8H7NS. The minimum Gasteiger partial charge on any atom is -0.264 e. The van der Waals surface area contributed by atoms with Crippen LogP contribution in [0.5, 0.6) is 0 Å². The molecule has 0 atom stereocenters. The lowest BCUT2D eigenvalue weighted by Crippen LogP contribution is -1.74. The number of hydrogen-bond donors (Lipinski definition) is 0. The van der Waals surface area contributed by atoms with Gasteiger partial charge in [-0.1, -0.05) is 5.92 Å². The summed E-state index contributed by atoms with van der Waals surface area (Å²) in [4.78, 5) is 5.07. The van der Waals surface area contributed by atoms with Gasteiger partial charge in [0.25, 0.3) is 0 Å². The Morgan fingerprint density at radius 1 is 1.70 bits per heavy atom. The lowest BCUT2D eigenvalue weighted by Gasteiger charge is -1.92. The molecule has 0 aliphatic rings. The van der Waals surface area contributed by atoms with Crippen molar-refractivity contribution < 1.29 is 0 Å². The molecule has 10 heavy (non-hydrogen) atoms. The Bertz CT molecular complexity index is 225. The van der Waals surface area contributed by atoms with Crippen molar-refractivity contribution in [2.75, 3.05) is 5.75 Å². The Morgan fingerprint density at radius 2 is 2.60 bits per heavy atom. The van der Waals surface area contributed by atoms with Crippen LogP contribution in [0.2, 0.25) is 0 Å². The Labute approximate surface area is 64.9 Å². The average molecular weight is 149 g/mol. The first-order chi connectivity index (χ1) is 4.93. The summed E-state index contributed by atoms with van der Waals surface area (Å²) in [5.74, 6) is 3.27. The fraction of sp³-hybridized carbons (Fsp3) is 0.125. The number of thioether (sulfide) groups is 1. The zero-order valence-corrected chi connectivity index (χ0v) is 6.27. The van der Waals surface area contributed by atoms with Crippen molar-refractivity contribution in [3.05, 3.63) is 24.5 Å². The maximum atomic E-state index is 5.09. The van der Waals surface area contributed by atoms with E-state index in [1.807, 2.05) is 18.3 Å². The summed E-state index contributed by atoms with van der Waals surface area (Å²) in [6.45, 7) is 0. The van der Waals surface area contributed by atoms with Gasteiger partial charge in [0.1, 0.15) is 0 Å². The van der Waals surface area contributed by atoms with E-state index in [1.54, 1.807) is 18.0 Å². The van der Waals surface area contributed by atoms with Crippen molar-refractivity contribution >= 4 is 11.8 Å². The van der Waals surface area contributed by atoms with Crippen molar-refractivity contribution in [3.63, 3.8) is 0 Å². The van der Waals surface area contributed by atoms with Crippen molar-refractivity contribution in [2.45, 2.75) is 4.90 Å². The highest BCUT2D eigenvalue weighted by Gasteiger charge is 1.87. The molecular weight excluding hydrogens is 142 g/mol. The van der Waals surface area contributed by atoms with Crippen molar-refractivity contribution in [1.29, 1.82) is 0 Å². The lowest BCUT2D eigenvalue weighted by atomic mass is 10.5. The summed E-state index contributed by atoms with van der Waals surface area (Å²) in [6.07, 6.45) is 8.64. The second-order valence-corrected chi connectivity index (χ2v) is 2.73. The normalized spacial score (nSPS) is 8.70. The van der Waals surface area contributed by atoms with Gasteiger partial charge < -0.3 is 0 Å².